The number of likely N-dealkylation sites (tertiary alicyclic amines) is 1. The molecular weight excluding hydrogens is 294 g/mol. The molecule has 1 aromatic carbocycles. The average Bonchev–Trinajstić information content (AvgIpc) is 2.86. The number of hydrogen-bond acceptors (Lipinski definition) is 2. The zero-order chi connectivity index (χ0) is 13.1. The van der Waals surface area contributed by atoms with E-state index in [1.165, 1.54) is 0 Å². The standard InChI is InChI=1S/C14H18BrNO2/c1-10-5-6-12(15)9-13(10)18-11(2)14(17)16-7-3-4-8-16/h5-6,9,11H,3-4,7-8H2,1-2H3. The highest BCUT2D eigenvalue weighted by molar-refractivity contribution is 9.10. The van der Waals surface area contributed by atoms with Gasteiger partial charge in [-0.15, -0.1) is 0 Å². The molecule has 1 amide bonds. The third kappa shape index (κ3) is 3.05. The Balaban J connectivity index is 2.03. The molecule has 1 aliphatic heterocycles. The molecule has 1 aliphatic rings. The molecule has 0 saturated carbocycles. The van der Waals surface area contributed by atoms with Crippen LogP contribution >= 0.6 is 15.9 Å². The fourth-order valence-electron chi connectivity index (χ4n) is 2.14. The first-order chi connectivity index (χ1) is 8.58. The van der Waals surface area contributed by atoms with Crippen LogP contribution < -0.4 is 4.74 Å². The van der Waals surface area contributed by atoms with E-state index in [2.05, 4.69) is 15.9 Å². The monoisotopic (exact) mass is 311 g/mol. The summed E-state index contributed by atoms with van der Waals surface area (Å²) in [7, 11) is 0. The maximum atomic E-state index is 12.1. The van der Waals surface area contributed by atoms with Crippen LogP contribution in [-0.2, 0) is 4.79 Å². The normalized spacial score (nSPS) is 16.7. The van der Waals surface area contributed by atoms with Gasteiger partial charge < -0.3 is 9.64 Å². The molecule has 0 radical (unpaired) electrons. The zero-order valence-electron chi connectivity index (χ0n) is 10.8. The summed E-state index contributed by atoms with van der Waals surface area (Å²) in [5.41, 5.74) is 1.04. The van der Waals surface area contributed by atoms with Crippen LogP contribution in [0.5, 0.6) is 5.75 Å². The van der Waals surface area contributed by atoms with E-state index in [-0.39, 0.29) is 5.91 Å². The second-order valence-corrected chi connectivity index (χ2v) is 5.62. The Labute approximate surface area is 116 Å². The highest BCUT2D eigenvalue weighted by atomic mass is 79.9. The number of aryl methyl sites for hydroxylation is 1. The van der Waals surface area contributed by atoms with E-state index in [0.29, 0.717) is 0 Å². The van der Waals surface area contributed by atoms with Crippen molar-refractivity contribution in [1.82, 2.24) is 4.90 Å². The lowest BCUT2D eigenvalue weighted by atomic mass is 10.2. The summed E-state index contributed by atoms with van der Waals surface area (Å²) < 4.78 is 6.74. The fourth-order valence-corrected chi connectivity index (χ4v) is 2.48. The number of rotatable bonds is 3. The van der Waals surface area contributed by atoms with Gasteiger partial charge in [-0.25, -0.2) is 0 Å². The van der Waals surface area contributed by atoms with Gasteiger partial charge in [0.25, 0.3) is 5.91 Å². The third-order valence-electron chi connectivity index (χ3n) is 3.22. The Morgan fingerprint density at radius 3 is 2.72 bits per heavy atom. The van der Waals surface area contributed by atoms with Crippen LogP contribution in [0.25, 0.3) is 0 Å². The lowest BCUT2D eigenvalue weighted by molar-refractivity contribution is -0.136. The maximum Gasteiger partial charge on any atom is 0.263 e. The van der Waals surface area contributed by atoms with E-state index in [1.807, 2.05) is 36.9 Å². The maximum absolute atomic E-state index is 12.1. The first-order valence-corrected chi connectivity index (χ1v) is 7.09. The smallest absolute Gasteiger partial charge is 0.263 e. The summed E-state index contributed by atoms with van der Waals surface area (Å²) in [5.74, 6) is 0.858. The van der Waals surface area contributed by atoms with E-state index < -0.39 is 6.10 Å². The van der Waals surface area contributed by atoms with Crippen LogP contribution in [0.1, 0.15) is 25.3 Å². The lowest BCUT2D eigenvalue weighted by Crippen LogP contribution is -2.38. The Morgan fingerprint density at radius 2 is 2.06 bits per heavy atom. The van der Waals surface area contributed by atoms with Crippen molar-refractivity contribution in [2.45, 2.75) is 32.8 Å². The number of ether oxygens (including phenoxy) is 1. The van der Waals surface area contributed by atoms with E-state index >= 15 is 0 Å². The third-order valence-corrected chi connectivity index (χ3v) is 3.71. The minimum atomic E-state index is -0.420. The predicted octanol–water partition coefficient (Wildman–Crippen LogP) is 3.15. The van der Waals surface area contributed by atoms with Crippen LogP contribution in [0.2, 0.25) is 0 Å². The molecule has 0 aliphatic carbocycles. The van der Waals surface area contributed by atoms with Crippen molar-refractivity contribution in [2.24, 2.45) is 0 Å². The summed E-state index contributed by atoms with van der Waals surface area (Å²) in [6, 6.07) is 5.85. The molecule has 1 atom stereocenters. The van der Waals surface area contributed by atoms with Gasteiger partial charge in [0.05, 0.1) is 0 Å². The first kappa shape index (κ1) is 13.4. The molecule has 4 heteroatoms. The minimum absolute atomic E-state index is 0.0897. The molecule has 0 aromatic heterocycles. The SMILES string of the molecule is Cc1ccc(Br)cc1OC(C)C(=O)N1CCCC1. The van der Waals surface area contributed by atoms with Crippen LogP contribution in [-0.4, -0.2) is 30.0 Å². The highest BCUT2D eigenvalue weighted by Crippen LogP contribution is 2.24. The van der Waals surface area contributed by atoms with E-state index in [0.717, 1.165) is 41.7 Å². The topological polar surface area (TPSA) is 29.5 Å². The van der Waals surface area contributed by atoms with Gasteiger partial charge in [-0.1, -0.05) is 22.0 Å². The summed E-state index contributed by atoms with van der Waals surface area (Å²) in [6.45, 7) is 5.53. The van der Waals surface area contributed by atoms with E-state index in [4.69, 9.17) is 4.74 Å². The van der Waals surface area contributed by atoms with Crippen molar-refractivity contribution in [2.75, 3.05) is 13.1 Å². The first-order valence-electron chi connectivity index (χ1n) is 6.29. The Hall–Kier alpha value is -1.03. The van der Waals surface area contributed by atoms with Gasteiger partial charge >= 0.3 is 0 Å². The van der Waals surface area contributed by atoms with Crippen LogP contribution in [0.15, 0.2) is 22.7 Å². The molecule has 18 heavy (non-hydrogen) atoms. The molecule has 2 rings (SSSR count). The van der Waals surface area contributed by atoms with Crippen LogP contribution in [0.4, 0.5) is 0 Å². The number of amides is 1. The molecule has 0 bridgehead atoms. The van der Waals surface area contributed by atoms with Crippen molar-refractivity contribution in [1.29, 1.82) is 0 Å². The molecule has 98 valence electrons. The molecule has 1 heterocycles. The van der Waals surface area contributed by atoms with Gasteiger partial charge in [0.15, 0.2) is 6.10 Å². The molecular formula is C14H18BrNO2. The molecule has 0 spiro atoms. The number of benzene rings is 1. The quantitative estimate of drug-likeness (QED) is 0.858. The van der Waals surface area contributed by atoms with Gasteiger partial charge in [0.1, 0.15) is 5.75 Å². The van der Waals surface area contributed by atoms with Gasteiger partial charge in [0, 0.05) is 17.6 Å². The number of nitrogens with zero attached hydrogens (tertiary/aromatic N) is 1. The van der Waals surface area contributed by atoms with Crippen LogP contribution in [0.3, 0.4) is 0 Å². The zero-order valence-corrected chi connectivity index (χ0v) is 12.4. The lowest BCUT2D eigenvalue weighted by Gasteiger charge is -2.22. The second kappa shape index (κ2) is 5.74. The van der Waals surface area contributed by atoms with Crippen molar-refractivity contribution in [3.05, 3.63) is 28.2 Å². The summed E-state index contributed by atoms with van der Waals surface area (Å²) in [5, 5.41) is 0. The minimum Gasteiger partial charge on any atom is -0.481 e. The van der Waals surface area contributed by atoms with Gasteiger partial charge in [-0.2, -0.15) is 0 Å². The molecule has 3 nitrogen and oxygen atoms in total. The number of carbonyl (C=O) groups excluding carboxylic acids is 1. The molecule has 0 N–H and O–H groups in total. The van der Waals surface area contributed by atoms with Crippen molar-refractivity contribution in [3.63, 3.8) is 0 Å². The van der Waals surface area contributed by atoms with Gasteiger partial charge in [-0.05, 0) is 44.4 Å². The van der Waals surface area contributed by atoms with Crippen LogP contribution in [0, 0.1) is 6.92 Å². The number of halogens is 1. The van der Waals surface area contributed by atoms with Gasteiger partial charge in [0.2, 0.25) is 0 Å². The largest absolute Gasteiger partial charge is 0.481 e. The molecule has 1 unspecified atom stereocenters. The van der Waals surface area contributed by atoms with E-state index in [9.17, 15) is 4.79 Å². The van der Waals surface area contributed by atoms with Gasteiger partial charge in [-0.3, -0.25) is 4.79 Å². The number of hydrogen-bond donors (Lipinski definition) is 0. The van der Waals surface area contributed by atoms with Crippen molar-refractivity contribution >= 4 is 21.8 Å². The highest BCUT2D eigenvalue weighted by Gasteiger charge is 2.24. The molecule has 1 fully saturated rings. The predicted molar refractivity (Wildman–Crippen MR) is 74.8 cm³/mol. The van der Waals surface area contributed by atoms with Crippen molar-refractivity contribution in [3.8, 4) is 5.75 Å². The Morgan fingerprint density at radius 1 is 1.39 bits per heavy atom. The summed E-state index contributed by atoms with van der Waals surface area (Å²) in [4.78, 5) is 14.0. The van der Waals surface area contributed by atoms with E-state index in [1.54, 1.807) is 0 Å². The average molecular weight is 312 g/mol. The Kier molecular flexibility index (Phi) is 4.27. The second-order valence-electron chi connectivity index (χ2n) is 4.70. The number of carbonyl (C=O) groups is 1. The fraction of sp³-hybridized carbons (Fsp3) is 0.500. The molecule has 1 saturated heterocycles. The Bertz CT molecular complexity index is 441. The van der Waals surface area contributed by atoms with Crippen molar-refractivity contribution < 1.29 is 9.53 Å². The summed E-state index contributed by atoms with van der Waals surface area (Å²) in [6.07, 6.45) is 1.79. The molecule has 1 aromatic rings. The summed E-state index contributed by atoms with van der Waals surface area (Å²) >= 11 is 3.41.